The predicted octanol–water partition coefficient (Wildman–Crippen LogP) is 4.59. The van der Waals surface area contributed by atoms with E-state index in [1.165, 1.54) is 16.5 Å². The Kier molecular flexibility index (Phi) is 3.04. The number of benzene rings is 2. The van der Waals surface area contributed by atoms with Crippen molar-refractivity contribution in [2.45, 2.75) is 20.8 Å². The number of fused-ring (bicyclic) bond motifs is 1. The average Bonchev–Trinajstić information content (AvgIpc) is 2.29. The van der Waals surface area contributed by atoms with Crippen LogP contribution in [0, 0.1) is 5.92 Å². The lowest BCUT2D eigenvalue weighted by molar-refractivity contribution is 0.879. The van der Waals surface area contributed by atoms with E-state index < -0.39 is 0 Å². The maximum absolute atomic E-state index is 4.70. The molecule has 1 nitrogen and oxygen atoms in total. The summed E-state index contributed by atoms with van der Waals surface area (Å²) in [6.07, 6.45) is 0. The first-order valence-electron chi connectivity index (χ1n) is 5.71. The molecule has 0 amide bonds. The van der Waals surface area contributed by atoms with Gasteiger partial charge in [0.15, 0.2) is 0 Å². The van der Waals surface area contributed by atoms with Crippen molar-refractivity contribution in [2.24, 2.45) is 10.9 Å². The molecule has 0 aliphatic heterocycles. The van der Waals surface area contributed by atoms with Crippen molar-refractivity contribution < 1.29 is 0 Å². The quantitative estimate of drug-likeness (QED) is 0.644. The highest BCUT2D eigenvalue weighted by Gasteiger charge is 2.01. The van der Waals surface area contributed by atoms with Gasteiger partial charge in [-0.25, -0.2) is 0 Å². The first-order chi connectivity index (χ1) is 7.68. The van der Waals surface area contributed by atoms with E-state index in [4.69, 9.17) is 4.99 Å². The van der Waals surface area contributed by atoms with Crippen LogP contribution in [0.4, 0.5) is 5.69 Å². The molecule has 0 radical (unpaired) electrons. The van der Waals surface area contributed by atoms with Crippen LogP contribution in [-0.4, -0.2) is 5.71 Å². The third kappa shape index (κ3) is 2.13. The Morgan fingerprint density at radius 2 is 1.69 bits per heavy atom. The van der Waals surface area contributed by atoms with E-state index in [-0.39, 0.29) is 0 Å². The van der Waals surface area contributed by atoms with Crippen LogP contribution in [0.2, 0.25) is 0 Å². The van der Waals surface area contributed by atoms with Crippen molar-refractivity contribution in [1.29, 1.82) is 0 Å². The predicted molar refractivity (Wildman–Crippen MR) is 71.6 cm³/mol. The number of rotatable bonds is 2. The van der Waals surface area contributed by atoms with Gasteiger partial charge in [-0.15, -0.1) is 0 Å². The molecule has 0 spiro atoms. The molecule has 0 saturated heterocycles. The van der Waals surface area contributed by atoms with Crippen molar-refractivity contribution in [3.05, 3.63) is 42.5 Å². The van der Waals surface area contributed by atoms with Crippen molar-refractivity contribution in [3.8, 4) is 0 Å². The zero-order chi connectivity index (χ0) is 11.5. The molecule has 16 heavy (non-hydrogen) atoms. The Morgan fingerprint density at radius 3 is 2.44 bits per heavy atom. The molecule has 2 aromatic rings. The van der Waals surface area contributed by atoms with Crippen LogP contribution in [0.25, 0.3) is 10.8 Å². The molecular weight excluding hydrogens is 194 g/mol. The zero-order valence-electron chi connectivity index (χ0n) is 10.1. The Bertz CT molecular complexity index is 518. The molecule has 0 N–H and O–H groups in total. The topological polar surface area (TPSA) is 12.4 Å². The minimum absolute atomic E-state index is 0.499. The number of nitrogens with zero attached hydrogens (tertiary/aromatic N) is 1. The molecule has 0 aliphatic rings. The number of aliphatic imine (C=N–C) groups is 1. The van der Waals surface area contributed by atoms with E-state index in [2.05, 4.69) is 63.2 Å². The Labute approximate surface area is 96.8 Å². The van der Waals surface area contributed by atoms with Crippen LogP contribution in [0.1, 0.15) is 20.8 Å². The van der Waals surface area contributed by atoms with E-state index >= 15 is 0 Å². The smallest absolute Gasteiger partial charge is 0.0707 e. The zero-order valence-corrected chi connectivity index (χ0v) is 10.1. The summed E-state index contributed by atoms with van der Waals surface area (Å²) in [7, 11) is 0. The number of hydrogen-bond donors (Lipinski definition) is 0. The second-order valence-electron chi connectivity index (χ2n) is 4.41. The molecule has 0 aliphatic carbocycles. The molecule has 82 valence electrons. The van der Waals surface area contributed by atoms with Crippen molar-refractivity contribution in [3.63, 3.8) is 0 Å². The monoisotopic (exact) mass is 211 g/mol. The fraction of sp³-hybridized carbons (Fsp3) is 0.267. The largest absolute Gasteiger partial charge is 0.257 e. The first-order valence-corrected chi connectivity index (χ1v) is 5.71. The lowest BCUT2D eigenvalue weighted by Gasteiger charge is -2.06. The van der Waals surface area contributed by atoms with Crippen molar-refractivity contribution in [1.82, 2.24) is 0 Å². The van der Waals surface area contributed by atoms with Crippen LogP contribution in [-0.2, 0) is 0 Å². The summed E-state index contributed by atoms with van der Waals surface area (Å²) in [6, 6.07) is 14.6. The molecule has 0 atom stereocenters. The molecule has 0 bridgehead atoms. The fourth-order valence-corrected chi connectivity index (χ4v) is 1.62. The standard InChI is InChI=1S/C15H17N/c1-11(2)12(3)16-15-10-6-8-13-7-4-5-9-14(13)15/h4-11H,1-3H3. The lowest BCUT2D eigenvalue weighted by atomic mass is 10.1. The molecule has 2 aromatic carbocycles. The molecule has 0 saturated carbocycles. The first kappa shape index (κ1) is 10.9. The lowest BCUT2D eigenvalue weighted by Crippen LogP contribution is -2.00. The van der Waals surface area contributed by atoms with Gasteiger partial charge in [-0.1, -0.05) is 50.2 Å². The summed E-state index contributed by atoms with van der Waals surface area (Å²) < 4.78 is 0. The maximum atomic E-state index is 4.70. The fourth-order valence-electron chi connectivity index (χ4n) is 1.62. The van der Waals surface area contributed by atoms with Gasteiger partial charge in [0.2, 0.25) is 0 Å². The molecule has 0 aromatic heterocycles. The van der Waals surface area contributed by atoms with Gasteiger partial charge in [0, 0.05) is 11.1 Å². The Balaban J connectivity index is 2.57. The minimum atomic E-state index is 0.499. The molecule has 2 rings (SSSR count). The van der Waals surface area contributed by atoms with E-state index in [1.807, 2.05) is 0 Å². The van der Waals surface area contributed by atoms with Crippen LogP contribution >= 0.6 is 0 Å². The summed E-state index contributed by atoms with van der Waals surface area (Å²) >= 11 is 0. The second-order valence-corrected chi connectivity index (χ2v) is 4.41. The highest BCUT2D eigenvalue weighted by molar-refractivity contribution is 5.96. The van der Waals surface area contributed by atoms with E-state index in [9.17, 15) is 0 Å². The van der Waals surface area contributed by atoms with Gasteiger partial charge in [-0.3, -0.25) is 4.99 Å². The molecule has 0 fully saturated rings. The minimum Gasteiger partial charge on any atom is -0.257 e. The Hall–Kier alpha value is -1.63. The van der Waals surface area contributed by atoms with Gasteiger partial charge in [-0.2, -0.15) is 0 Å². The normalized spacial score (nSPS) is 12.4. The van der Waals surface area contributed by atoms with Gasteiger partial charge < -0.3 is 0 Å². The summed E-state index contributed by atoms with van der Waals surface area (Å²) in [5, 5.41) is 2.48. The Morgan fingerprint density at radius 1 is 1.00 bits per heavy atom. The summed E-state index contributed by atoms with van der Waals surface area (Å²) in [5.74, 6) is 0.499. The molecule has 0 heterocycles. The summed E-state index contributed by atoms with van der Waals surface area (Å²) in [4.78, 5) is 4.70. The van der Waals surface area contributed by atoms with Crippen LogP contribution in [0.5, 0.6) is 0 Å². The molecular formula is C15H17N. The third-order valence-corrected chi connectivity index (χ3v) is 2.90. The molecule has 0 unspecified atom stereocenters. The molecule has 1 heteroatoms. The van der Waals surface area contributed by atoms with E-state index in [1.54, 1.807) is 0 Å². The van der Waals surface area contributed by atoms with Crippen molar-refractivity contribution in [2.75, 3.05) is 0 Å². The van der Waals surface area contributed by atoms with Crippen molar-refractivity contribution >= 4 is 22.2 Å². The van der Waals surface area contributed by atoms with Gasteiger partial charge >= 0.3 is 0 Å². The van der Waals surface area contributed by atoms with Crippen LogP contribution < -0.4 is 0 Å². The van der Waals surface area contributed by atoms with Crippen LogP contribution in [0.15, 0.2) is 47.5 Å². The van der Waals surface area contributed by atoms with E-state index in [0.29, 0.717) is 5.92 Å². The summed E-state index contributed by atoms with van der Waals surface area (Å²) in [5.41, 5.74) is 2.25. The van der Waals surface area contributed by atoms with E-state index in [0.717, 1.165) is 5.69 Å². The third-order valence-electron chi connectivity index (χ3n) is 2.90. The summed E-state index contributed by atoms with van der Waals surface area (Å²) in [6.45, 7) is 6.43. The maximum Gasteiger partial charge on any atom is 0.0707 e. The van der Waals surface area contributed by atoms with Gasteiger partial charge in [0.25, 0.3) is 0 Å². The SMILES string of the molecule is CC(=Nc1cccc2ccccc12)C(C)C. The second kappa shape index (κ2) is 4.48. The average molecular weight is 211 g/mol. The highest BCUT2D eigenvalue weighted by atomic mass is 14.7. The number of hydrogen-bond acceptors (Lipinski definition) is 1. The van der Waals surface area contributed by atoms with Crippen LogP contribution in [0.3, 0.4) is 0 Å². The van der Waals surface area contributed by atoms with Gasteiger partial charge in [0.05, 0.1) is 5.69 Å². The van der Waals surface area contributed by atoms with Gasteiger partial charge in [0.1, 0.15) is 0 Å². The highest BCUT2D eigenvalue weighted by Crippen LogP contribution is 2.26. The van der Waals surface area contributed by atoms with Gasteiger partial charge in [-0.05, 0) is 24.3 Å².